The Labute approximate surface area is 148 Å². The zero-order chi connectivity index (χ0) is 17.5. The number of para-hydroxylation sites is 1. The molecule has 1 aliphatic heterocycles. The number of amides is 1. The molecule has 1 aliphatic rings. The standard InChI is InChI=1S/C20H25N3O2/c24-19(17-7-3-1-4-8-17)15-22-11-13-23(14-12-22)16-20(25)21-18-9-5-2-6-10-18/h1-10,19,24H,11-16H2,(H,21,25). The first-order valence-electron chi connectivity index (χ1n) is 8.73. The first-order valence-corrected chi connectivity index (χ1v) is 8.73. The van der Waals surface area contributed by atoms with Gasteiger partial charge in [-0.15, -0.1) is 0 Å². The number of carbonyl (C=O) groups excluding carboxylic acids is 1. The van der Waals surface area contributed by atoms with Crippen LogP contribution >= 0.6 is 0 Å². The molecule has 1 saturated heterocycles. The van der Waals surface area contributed by atoms with Gasteiger partial charge in [-0.05, 0) is 17.7 Å². The Morgan fingerprint density at radius 3 is 2.12 bits per heavy atom. The van der Waals surface area contributed by atoms with Crippen LogP contribution in [-0.2, 0) is 4.79 Å². The summed E-state index contributed by atoms with van der Waals surface area (Å²) in [6, 6.07) is 19.3. The molecular weight excluding hydrogens is 314 g/mol. The Hall–Kier alpha value is -2.21. The number of rotatable bonds is 6. The summed E-state index contributed by atoms with van der Waals surface area (Å²) < 4.78 is 0. The number of anilines is 1. The Morgan fingerprint density at radius 2 is 1.48 bits per heavy atom. The van der Waals surface area contributed by atoms with Crippen LogP contribution in [0.5, 0.6) is 0 Å². The van der Waals surface area contributed by atoms with E-state index in [-0.39, 0.29) is 5.91 Å². The molecule has 0 aromatic heterocycles. The van der Waals surface area contributed by atoms with Gasteiger partial charge in [0, 0.05) is 38.4 Å². The molecule has 132 valence electrons. The highest BCUT2D eigenvalue weighted by molar-refractivity contribution is 5.92. The van der Waals surface area contributed by atoms with Crippen molar-refractivity contribution in [3.63, 3.8) is 0 Å². The minimum absolute atomic E-state index is 0.0176. The fourth-order valence-corrected chi connectivity index (χ4v) is 3.08. The molecule has 0 radical (unpaired) electrons. The van der Waals surface area contributed by atoms with Crippen molar-refractivity contribution in [2.45, 2.75) is 6.10 Å². The van der Waals surface area contributed by atoms with Crippen molar-refractivity contribution in [1.82, 2.24) is 9.80 Å². The molecule has 1 unspecified atom stereocenters. The number of nitrogens with zero attached hydrogens (tertiary/aromatic N) is 2. The molecule has 0 spiro atoms. The minimum Gasteiger partial charge on any atom is -0.387 e. The quantitative estimate of drug-likeness (QED) is 0.845. The third kappa shape index (κ3) is 5.39. The van der Waals surface area contributed by atoms with Gasteiger partial charge in [-0.3, -0.25) is 14.6 Å². The first kappa shape index (κ1) is 17.6. The van der Waals surface area contributed by atoms with E-state index in [2.05, 4.69) is 15.1 Å². The second kappa shape index (κ2) is 8.76. The van der Waals surface area contributed by atoms with Crippen LogP contribution in [0.25, 0.3) is 0 Å². The maximum Gasteiger partial charge on any atom is 0.238 e. The number of hydrogen-bond donors (Lipinski definition) is 2. The summed E-state index contributed by atoms with van der Waals surface area (Å²) in [5.74, 6) is 0.0176. The fourth-order valence-electron chi connectivity index (χ4n) is 3.08. The predicted octanol–water partition coefficient (Wildman–Crippen LogP) is 1.98. The molecule has 1 amide bonds. The summed E-state index contributed by atoms with van der Waals surface area (Å²) in [7, 11) is 0. The van der Waals surface area contributed by atoms with Crippen LogP contribution in [0.2, 0.25) is 0 Å². The van der Waals surface area contributed by atoms with Gasteiger partial charge in [0.15, 0.2) is 0 Å². The summed E-state index contributed by atoms with van der Waals surface area (Å²) in [5.41, 5.74) is 1.78. The minimum atomic E-state index is -0.464. The molecule has 3 rings (SSSR count). The number of β-amino-alcohol motifs (C(OH)–C–C–N with tert-alkyl or cyclic N) is 1. The van der Waals surface area contributed by atoms with Gasteiger partial charge in [-0.1, -0.05) is 48.5 Å². The second-order valence-electron chi connectivity index (χ2n) is 6.42. The van der Waals surface area contributed by atoms with E-state index in [0.717, 1.165) is 37.4 Å². The zero-order valence-corrected chi connectivity index (χ0v) is 14.3. The SMILES string of the molecule is O=C(CN1CCN(CC(O)c2ccccc2)CC1)Nc1ccccc1. The van der Waals surface area contributed by atoms with Gasteiger partial charge >= 0.3 is 0 Å². The monoisotopic (exact) mass is 339 g/mol. The lowest BCUT2D eigenvalue weighted by Gasteiger charge is -2.35. The number of piperazine rings is 1. The molecule has 25 heavy (non-hydrogen) atoms. The average Bonchev–Trinajstić information content (AvgIpc) is 2.65. The van der Waals surface area contributed by atoms with Crippen LogP contribution in [0, 0.1) is 0 Å². The third-order valence-electron chi connectivity index (χ3n) is 4.51. The number of nitrogens with one attached hydrogen (secondary N) is 1. The Bertz CT molecular complexity index is 655. The van der Waals surface area contributed by atoms with Crippen LogP contribution < -0.4 is 5.32 Å². The lowest BCUT2D eigenvalue weighted by atomic mass is 10.1. The van der Waals surface area contributed by atoms with Gasteiger partial charge in [0.1, 0.15) is 0 Å². The molecular formula is C20H25N3O2. The largest absolute Gasteiger partial charge is 0.387 e. The molecule has 2 aromatic carbocycles. The van der Waals surface area contributed by atoms with Gasteiger partial charge in [0.2, 0.25) is 5.91 Å². The third-order valence-corrected chi connectivity index (χ3v) is 4.51. The number of aliphatic hydroxyl groups is 1. The maximum absolute atomic E-state index is 12.1. The van der Waals surface area contributed by atoms with Crippen molar-refractivity contribution >= 4 is 11.6 Å². The van der Waals surface area contributed by atoms with Crippen molar-refractivity contribution in [3.05, 3.63) is 66.2 Å². The molecule has 0 bridgehead atoms. The predicted molar refractivity (Wildman–Crippen MR) is 99.4 cm³/mol. The first-order chi connectivity index (χ1) is 12.2. The molecule has 0 saturated carbocycles. The van der Waals surface area contributed by atoms with Gasteiger partial charge in [-0.25, -0.2) is 0 Å². The van der Waals surface area contributed by atoms with E-state index < -0.39 is 6.10 Å². The molecule has 5 heteroatoms. The summed E-state index contributed by atoms with van der Waals surface area (Å²) in [6.07, 6.45) is -0.464. The summed E-state index contributed by atoms with van der Waals surface area (Å²) in [5, 5.41) is 13.2. The Kier molecular flexibility index (Phi) is 6.17. The van der Waals surface area contributed by atoms with Crippen LogP contribution in [0.3, 0.4) is 0 Å². The van der Waals surface area contributed by atoms with Crippen LogP contribution in [-0.4, -0.2) is 60.1 Å². The summed E-state index contributed by atoms with van der Waals surface area (Å²) >= 11 is 0. The van der Waals surface area contributed by atoms with Crippen molar-refractivity contribution in [3.8, 4) is 0 Å². The van der Waals surface area contributed by atoms with Crippen molar-refractivity contribution in [2.75, 3.05) is 44.6 Å². The average molecular weight is 339 g/mol. The lowest BCUT2D eigenvalue weighted by molar-refractivity contribution is -0.117. The maximum atomic E-state index is 12.1. The second-order valence-corrected chi connectivity index (χ2v) is 6.42. The fraction of sp³-hybridized carbons (Fsp3) is 0.350. The van der Waals surface area contributed by atoms with Gasteiger partial charge in [0.05, 0.1) is 12.6 Å². The highest BCUT2D eigenvalue weighted by Gasteiger charge is 2.21. The summed E-state index contributed by atoms with van der Waals surface area (Å²) in [6.45, 7) is 4.44. The molecule has 2 aromatic rings. The van der Waals surface area contributed by atoms with Gasteiger partial charge < -0.3 is 10.4 Å². The van der Waals surface area contributed by atoms with Gasteiger partial charge in [0.25, 0.3) is 0 Å². The van der Waals surface area contributed by atoms with E-state index in [9.17, 15) is 9.90 Å². The zero-order valence-electron chi connectivity index (χ0n) is 14.3. The van der Waals surface area contributed by atoms with E-state index in [1.807, 2.05) is 60.7 Å². The van der Waals surface area contributed by atoms with E-state index in [0.29, 0.717) is 13.1 Å². The highest BCUT2D eigenvalue weighted by atomic mass is 16.3. The summed E-state index contributed by atoms with van der Waals surface area (Å²) in [4.78, 5) is 16.5. The lowest BCUT2D eigenvalue weighted by Crippen LogP contribution is -2.49. The Morgan fingerprint density at radius 1 is 0.920 bits per heavy atom. The topological polar surface area (TPSA) is 55.8 Å². The number of carbonyl (C=O) groups is 1. The molecule has 1 atom stereocenters. The molecule has 2 N–H and O–H groups in total. The van der Waals surface area contributed by atoms with Crippen molar-refractivity contribution in [1.29, 1.82) is 0 Å². The number of aliphatic hydroxyl groups excluding tert-OH is 1. The van der Waals surface area contributed by atoms with E-state index in [1.54, 1.807) is 0 Å². The van der Waals surface area contributed by atoms with Crippen LogP contribution in [0.15, 0.2) is 60.7 Å². The molecule has 0 aliphatic carbocycles. The van der Waals surface area contributed by atoms with Crippen molar-refractivity contribution < 1.29 is 9.90 Å². The molecule has 1 fully saturated rings. The number of benzene rings is 2. The Balaban J connectivity index is 1.40. The van der Waals surface area contributed by atoms with Crippen LogP contribution in [0.4, 0.5) is 5.69 Å². The normalized spacial score (nSPS) is 17.2. The van der Waals surface area contributed by atoms with E-state index in [1.165, 1.54) is 0 Å². The number of hydrogen-bond acceptors (Lipinski definition) is 4. The van der Waals surface area contributed by atoms with Gasteiger partial charge in [-0.2, -0.15) is 0 Å². The van der Waals surface area contributed by atoms with Crippen LogP contribution in [0.1, 0.15) is 11.7 Å². The smallest absolute Gasteiger partial charge is 0.238 e. The van der Waals surface area contributed by atoms with E-state index >= 15 is 0 Å². The van der Waals surface area contributed by atoms with Crippen molar-refractivity contribution in [2.24, 2.45) is 0 Å². The van der Waals surface area contributed by atoms with E-state index in [4.69, 9.17) is 0 Å². The highest BCUT2D eigenvalue weighted by Crippen LogP contribution is 2.15. The molecule has 5 nitrogen and oxygen atoms in total. The molecule has 1 heterocycles.